The molecular formula is C20H12F3N3O2. The van der Waals surface area contributed by atoms with Crippen molar-refractivity contribution in [3.8, 4) is 22.9 Å². The maximum atomic E-state index is 12.7. The van der Waals surface area contributed by atoms with Crippen LogP contribution in [0, 0.1) is 0 Å². The Bertz CT molecular complexity index is 1180. The second-order valence-corrected chi connectivity index (χ2v) is 6.03. The number of nitrogens with two attached hydrogens (primary N) is 1. The van der Waals surface area contributed by atoms with Crippen molar-refractivity contribution in [3.63, 3.8) is 0 Å². The smallest absolute Gasteiger partial charge is 0.416 e. The lowest BCUT2D eigenvalue weighted by Gasteiger charge is -2.06. The van der Waals surface area contributed by atoms with Crippen LogP contribution in [0.2, 0.25) is 0 Å². The average Bonchev–Trinajstić information content (AvgIpc) is 3.13. The van der Waals surface area contributed by atoms with Crippen LogP contribution >= 0.6 is 0 Å². The highest BCUT2D eigenvalue weighted by molar-refractivity contribution is 5.97. The molecule has 2 aromatic carbocycles. The van der Waals surface area contributed by atoms with E-state index in [0.29, 0.717) is 11.2 Å². The standard InChI is InChI=1S/C20H12F3N3O2/c21-20(22,23)13-8-5-12(6-9-13)19-26-16(18(24)27)17(28-19)15-10-7-11-3-1-2-4-14(11)25-15/h1-10H,(H2,24,27). The Kier molecular flexibility index (Phi) is 4.11. The summed E-state index contributed by atoms with van der Waals surface area (Å²) in [6, 6.07) is 15.1. The van der Waals surface area contributed by atoms with Crippen LogP contribution in [0.1, 0.15) is 16.1 Å². The van der Waals surface area contributed by atoms with Gasteiger partial charge in [-0.05, 0) is 36.4 Å². The first-order valence-corrected chi connectivity index (χ1v) is 8.17. The molecule has 8 heteroatoms. The number of nitrogens with zero attached hydrogens (tertiary/aromatic N) is 2. The van der Waals surface area contributed by atoms with Crippen LogP contribution in [0.3, 0.4) is 0 Å². The largest absolute Gasteiger partial charge is 0.434 e. The molecule has 1 amide bonds. The average molecular weight is 383 g/mol. The van der Waals surface area contributed by atoms with E-state index < -0.39 is 17.6 Å². The van der Waals surface area contributed by atoms with E-state index in [1.165, 1.54) is 12.1 Å². The Morgan fingerprint density at radius 1 is 0.929 bits per heavy atom. The van der Waals surface area contributed by atoms with E-state index in [1.54, 1.807) is 12.1 Å². The van der Waals surface area contributed by atoms with E-state index in [0.717, 1.165) is 17.5 Å². The van der Waals surface area contributed by atoms with Crippen molar-refractivity contribution >= 4 is 16.8 Å². The van der Waals surface area contributed by atoms with Gasteiger partial charge in [-0.3, -0.25) is 4.79 Å². The molecule has 0 aliphatic carbocycles. The van der Waals surface area contributed by atoms with Gasteiger partial charge in [0.15, 0.2) is 11.5 Å². The second kappa shape index (κ2) is 6.49. The minimum Gasteiger partial charge on any atom is -0.434 e. The van der Waals surface area contributed by atoms with Gasteiger partial charge in [-0.15, -0.1) is 0 Å². The van der Waals surface area contributed by atoms with E-state index in [1.807, 2.05) is 24.3 Å². The third-order valence-electron chi connectivity index (χ3n) is 4.15. The van der Waals surface area contributed by atoms with Gasteiger partial charge in [-0.2, -0.15) is 13.2 Å². The van der Waals surface area contributed by atoms with Gasteiger partial charge in [0.05, 0.1) is 11.1 Å². The van der Waals surface area contributed by atoms with E-state index in [9.17, 15) is 18.0 Å². The van der Waals surface area contributed by atoms with Gasteiger partial charge in [0, 0.05) is 10.9 Å². The molecule has 2 heterocycles. The van der Waals surface area contributed by atoms with Crippen LogP contribution in [0.25, 0.3) is 33.8 Å². The molecule has 0 saturated carbocycles. The SMILES string of the molecule is NC(=O)c1nc(-c2ccc(C(F)(F)F)cc2)oc1-c1ccc2ccccc2n1. The third kappa shape index (κ3) is 3.20. The highest BCUT2D eigenvalue weighted by atomic mass is 19.4. The molecule has 4 aromatic rings. The Morgan fingerprint density at radius 3 is 2.32 bits per heavy atom. The lowest BCUT2D eigenvalue weighted by atomic mass is 10.1. The number of amides is 1. The molecule has 2 N–H and O–H groups in total. The second-order valence-electron chi connectivity index (χ2n) is 6.03. The normalized spacial score (nSPS) is 11.7. The molecule has 0 aliphatic heterocycles. The lowest BCUT2D eigenvalue weighted by Crippen LogP contribution is -2.12. The molecule has 0 fully saturated rings. The summed E-state index contributed by atoms with van der Waals surface area (Å²) >= 11 is 0. The monoisotopic (exact) mass is 383 g/mol. The molecular weight excluding hydrogens is 371 g/mol. The number of hydrogen-bond acceptors (Lipinski definition) is 4. The zero-order chi connectivity index (χ0) is 19.9. The Hall–Kier alpha value is -3.68. The van der Waals surface area contributed by atoms with E-state index >= 15 is 0 Å². The summed E-state index contributed by atoms with van der Waals surface area (Å²) in [7, 11) is 0. The van der Waals surface area contributed by atoms with Gasteiger partial charge >= 0.3 is 6.18 Å². The van der Waals surface area contributed by atoms with Gasteiger partial charge in [0.25, 0.3) is 5.91 Å². The van der Waals surface area contributed by atoms with Gasteiger partial charge in [0.1, 0.15) is 5.69 Å². The topological polar surface area (TPSA) is 82.0 Å². The van der Waals surface area contributed by atoms with Crippen LogP contribution in [-0.4, -0.2) is 15.9 Å². The number of pyridine rings is 1. The van der Waals surface area contributed by atoms with Crippen LogP contribution in [0.15, 0.2) is 65.1 Å². The maximum absolute atomic E-state index is 12.7. The molecule has 0 saturated heterocycles. The van der Waals surface area contributed by atoms with Crippen LogP contribution in [0.4, 0.5) is 13.2 Å². The molecule has 0 unspecified atom stereocenters. The van der Waals surface area contributed by atoms with Crippen molar-refractivity contribution in [2.45, 2.75) is 6.18 Å². The van der Waals surface area contributed by atoms with E-state index in [-0.39, 0.29) is 22.9 Å². The summed E-state index contributed by atoms with van der Waals surface area (Å²) in [6.07, 6.45) is -4.45. The number of hydrogen-bond donors (Lipinski definition) is 1. The molecule has 5 nitrogen and oxygen atoms in total. The number of carbonyl (C=O) groups excluding carboxylic acids is 1. The van der Waals surface area contributed by atoms with Crippen molar-refractivity contribution in [2.75, 3.05) is 0 Å². The van der Waals surface area contributed by atoms with Crippen molar-refractivity contribution < 1.29 is 22.4 Å². The van der Waals surface area contributed by atoms with Crippen molar-refractivity contribution in [3.05, 3.63) is 71.9 Å². The maximum Gasteiger partial charge on any atom is 0.416 e. The highest BCUT2D eigenvalue weighted by Crippen LogP contribution is 2.33. The number of halogens is 3. The summed E-state index contributed by atoms with van der Waals surface area (Å²) in [5, 5.41) is 0.898. The first-order valence-electron chi connectivity index (χ1n) is 8.17. The molecule has 0 aliphatic rings. The number of rotatable bonds is 3. The molecule has 0 spiro atoms. The van der Waals surface area contributed by atoms with Crippen molar-refractivity contribution in [1.29, 1.82) is 0 Å². The number of carbonyl (C=O) groups is 1. The number of primary amides is 1. The van der Waals surface area contributed by atoms with Gasteiger partial charge < -0.3 is 10.2 Å². The highest BCUT2D eigenvalue weighted by Gasteiger charge is 2.30. The molecule has 0 radical (unpaired) electrons. The number of alkyl halides is 3. The Balaban J connectivity index is 1.80. The van der Waals surface area contributed by atoms with Crippen LogP contribution < -0.4 is 5.73 Å². The number of para-hydroxylation sites is 1. The minimum atomic E-state index is -4.45. The van der Waals surface area contributed by atoms with Crippen LogP contribution in [0.5, 0.6) is 0 Å². The molecule has 0 bridgehead atoms. The lowest BCUT2D eigenvalue weighted by molar-refractivity contribution is -0.137. The van der Waals surface area contributed by atoms with Crippen molar-refractivity contribution in [1.82, 2.24) is 9.97 Å². The van der Waals surface area contributed by atoms with Crippen molar-refractivity contribution in [2.24, 2.45) is 5.73 Å². The zero-order valence-corrected chi connectivity index (χ0v) is 14.2. The number of oxazole rings is 1. The van der Waals surface area contributed by atoms with Crippen LogP contribution in [-0.2, 0) is 6.18 Å². The molecule has 28 heavy (non-hydrogen) atoms. The number of fused-ring (bicyclic) bond motifs is 1. The summed E-state index contributed by atoms with van der Waals surface area (Å²) in [5.74, 6) is -0.785. The van der Waals surface area contributed by atoms with Gasteiger partial charge in [-0.25, -0.2) is 9.97 Å². The van der Waals surface area contributed by atoms with E-state index in [4.69, 9.17) is 10.2 Å². The third-order valence-corrected chi connectivity index (χ3v) is 4.15. The summed E-state index contributed by atoms with van der Waals surface area (Å²) < 4.78 is 43.9. The fourth-order valence-electron chi connectivity index (χ4n) is 2.78. The summed E-state index contributed by atoms with van der Waals surface area (Å²) in [4.78, 5) is 20.3. The van der Waals surface area contributed by atoms with Gasteiger partial charge in [-0.1, -0.05) is 24.3 Å². The molecule has 0 atom stereocenters. The Labute approximate surface area is 156 Å². The quantitative estimate of drug-likeness (QED) is 0.557. The molecule has 140 valence electrons. The summed E-state index contributed by atoms with van der Waals surface area (Å²) in [6.45, 7) is 0. The van der Waals surface area contributed by atoms with Gasteiger partial charge in [0.2, 0.25) is 5.89 Å². The number of aromatic nitrogens is 2. The van der Waals surface area contributed by atoms with E-state index in [2.05, 4.69) is 9.97 Å². The minimum absolute atomic E-state index is 0.0208. The predicted octanol–water partition coefficient (Wildman–Crippen LogP) is 4.67. The number of benzene rings is 2. The summed E-state index contributed by atoms with van der Waals surface area (Å²) in [5.41, 5.74) is 5.77. The predicted molar refractivity (Wildman–Crippen MR) is 96.2 cm³/mol. The Morgan fingerprint density at radius 2 is 1.64 bits per heavy atom. The molecule has 4 rings (SSSR count). The molecule has 2 aromatic heterocycles. The first kappa shape index (κ1) is 17.7. The zero-order valence-electron chi connectivity index (χ0n) is 14.2. The fraction of sp³-hybridized carbons (Fsp3) is 0.0500. The fourth-order valence-corrected chi connectivity index (χ4v) is 2.78. The first-order chi connectivity index (χ1) is 13.3.